The molecule has 0 atom stereocenters. The largest absolute Gasteiger partial charge is 0.492 e. The molecular formula is C25H30Cl2N2O5. The summed E-state index contributed by atoms with van der Waals surface area (Å²) in [7, 11) is 1.37. The van der Waals surface area contributed by atoms with Crippen LogP contribution in [0.15, 0.2) is 48.5 Å². The zero-order valence-electron chi connectivity index (χ0n) is 19.2. The first-order chi connectivity index (χ1) is 16.4. The number of nitrogens with one attached hydrogen (secondary N) is 1. The minimum Gasteiger partial charge on any atom is -0.492 e. The molecule has 9 heteroatoms. The number of amides is 1. The summed E-state index contributed by atoms with van der Waals surface area (Å²) in [5, 5.41) is 4.40. The second-order valence-electron chi connectivity index (χ2n) is 8.33. The lowest BCUT2D eigenvalue weighted by atomic mass is 9.74. The van der Waals surface area contributed by atoms with E-state index in [2.05, 4.69) is 5.32 Å². The Balaban J connectivity index is 1.48. The number of carbonyl (C=O) groups excluding carboxylic acids is 2. The Morgan fingerprint density at radius 1 is 0.941 bits per heavy atom. The number of nitrogens with zero attached hydrogens (tertiary/aromatic N) is 1. The SMILES string of the molecule is COC(=O)CN(CCOc1ccc(Cl)cc1)CCC1(NC(=O)COc2ccc(Cl)cc2)CCC1. The molecule has 0 aromatic heterocycles. The van der Waals surface area contributed by atoms with Gasteiger partial charge in [-0.15, -0.1) is 0 Å². The van der Waals surface area contributed by atoms with Crippen LogP contribution in [-0.4, -0.2) is 62.3 Å². The molecule has 1 amide bonds. The van der Waals surface area contributed by atoms with E-state index in [0.717, 1.165) is 25.7 Å². The molecule has 2 aromatic rings. The molecule has 0 spiro atoms. The highest BCUT2D eigenvalue weighted by molar-refractivity contribution is 6.30. The van der Waals surface area contributed by atoms with Crippen molar-refractivity contribution in [1.82, 2.24) is 10.2 Å². The van der Waals surface area contributed by atoms with Gasteiger partial charge in [0.2, 0.25) is 0 Å². The fraction of sp³-hybridized carbons (Fsp3) is 0.440. The van der Waals surface area contributed by atoms with E-state index < -0.39 is 0 Å². The standard InChI is InChI=1S/C25H30Cl2N2O5/c1-32-24(31)17-29(15-16-33-21-7-3-19(26)4-8-21)14-13-25(11-2-12-25)28-23(30)18-34-22-9-5-20(27)6-10-22/h3-10H,2,11-18H2,1H3,(H,28,30). The number of esters is 1. The molecule has 0 radical (unpaired) electrons. The van der Waals surface area contributed by atoms with E-state index in [1.807, 2.05) is 4.90 Å². The summed E-state index contributed by atoms with van der Waals surface area (Å²) in [5.41, 5.74) is -0.286. The highest BCUT2D eigenvalue weighted by atomic mass is 35.5. The summed E-state index contributed by atoms with van der Waals surface area (Å²) in [6.07, 6.45) is 3.56. The summed E-state index contributed by atoms with van der Waals surface area (Å²) in [6.45, 7) is 1.67. The molecule has 7 nitrogen and oxygen atoms in total. The third kappa shape index (κ3) is 8.38. The fourth-order valence-electron chi connectivity index (χ4n) is 3.77. The van der Waals surface area contributed by atoms with Crippen LogP contribution in [-0.2, 0) is 14.3 Å². The van der Waals surface area contributed by atoms with Crippen LogP contribution in [0.25, 0.3) is 0 Å². The van der Waals surface area contributed by atoms with Crippen molar-refractivity contribution < 1.29 is 23.8 Å². The predicted octanol–water partition coefficient (Wildman–Crippen LogP) is 4.36. The van der Waals surface area contributed by atoms with Crippen LogP contribution in [0.5, 0.6) is 11.5 Å². The maximum Gasteiger partial charge on any atom is 0.319 e. The van der Waals surface area contributed by atoms with Crippen molar-refractivity contribution in [1.29, 1.82) is 0 Å². The molecule has 2 aromatic carbocycles. The Kier molecular flexibility index (Phi) is 9.86. The maximum absolute atomic E-state index is 12.5. The summed E-state index contributed by atoms with van der Waals surface area (Å²) in [6, 6.07) is 14.0. The molecule has 1 aliphatic carbocycles. The average molecular weight is 509 g/mol. The van der Waals surface area contributed by atoms with Crippen molar-refractivity contribution in [2.75, 3.05) is 40.0 Å². The second kappa shape index (κ2) is 12.8. The van der Waals surface area contributed by atoms with Gasteiger partial charge in [0.1, 0.15) is 18.1 Å². The van der Waals surface area contributed by atoms with E-state index in [0.29, 0.717) is 41.2 Å². The Morgan fingerprint density at radius 3 is 2.06 bits per heavy atom. The fourth-order valence-corrected chi connectivity index (χ4v) is 4.02. The van der Waals surface area contributed by atoms with Crippen molar-refractivity contribution in [3.8, 4) is 11.5 Å². The van der Waals surface area contributed by atoms with E-state index in [9.17, 15) is 9.59 Å². The van der Waals surface area contributed by atoms with Gasteiger partial charge in [-0.3, -0.25) is 14.5 Å². The zero-order chi connectivity index (χ0) is 24.4. The highest BCUT2D eigenvalue weighted by Gasteiger charge is 2.38. The number of benzene rings is 2. The Morgan fingerprint density at radius 2 is 1.53 bits per heavy atom. The molecule has 0 bridgehead atoms. The first-order valence-corrected chi connectivity index (χ1v) is 12.0. The van der Waals surface area contributed by atoms with E-state index >= 15 is 0 Å². The van der Waals surface area contributed by atoms with Crippen LogP contribution >= 0.6 is 23.2 Å². The van der Waals surface area contributed by atoms with Gasteiger partial charge < -0.3 is 19.5 Å². The first kappa shape index (κ1) is 26.1. The molecule has 0 aliphatic heterocycles. The topological polar surface area (TPSA) is 77.1 Å². The van der Waals surface area contributed by atoms with Crippen molar-refractivity contribution in [3.63, 3.8) is 0 Å². The lowest BCUT2D eigenvalue weighted by Crippen LogP contribution is -2.56. The molecule has 1 aliphatic rings. The molecule has 184 valence electrons. The molecule has 1 saturated carbocycles. The summed E-state index contributed by atoms with van der Waals surface area (Å²) >= 11 is 11.8. The predicted molar refractivity (Wildman–Crippen MR) is 132 cm³/mol. The third-order valence-corrected chi connectivity index (χ3v) is 6.38. The average Bonchev–Trinajstić information content (AvgIpc) is 2.81. The van der Waals surface area contributed by atoms with Gasteiger partial charge in [0.15, 0.2) is 6.61 Å². The van der Waals surface area contributed by atoms with Crippen LogP contribution in [0.2, 0.25) is 10.0 Å². The quantitative estimate of drug-likeness (QED) is 0.405. The van der Waals surface area contributed by atoms with Gasteiger partial charge in [-0.2, -0.15) is 0 Å². The Hall–Kier alpha value is -2.48. The van der Waals surface area contributed by atoms with Crippen LogP contribution < -0.4 is 14.8 Å². The number of rotatable bonds is 13. The van der Waals surface area contributed by atoms with E-state index in [4.69, 9.17) is 37.4 Å². The van der Waals surface area contributed by atoms with Crippen LogP contribution in [0.1, 0.15) is 25.7 Å². The molecule has 1 fully saturated rings. The van der Waals surface area contributed by atoms with Gasteiger partial charge in [-0.05, 0) is 74.2 Å². The second-order valence-corrected chi connectivity index (χ2v) is 9.20. The minimum absolute atomic E-state index is 0.0653. The van der Waals surface area contributed by atoms with Crippen molar-refractivity contribution in [2.24, 2.45) is 0 Å². The maximum atomic E-state index is 12.5. The molecule has 1 N–H and O–H groups in total. The van der Waals surface area contributed by atoms with Crippen molar-refractivity contribution in [3.05, 3.63) is 58.6 Å². The third-order valence-electron chi connectivity index (χ3n) is 5.88. The van der Waals surface area contributed by atoms with Gasteiger partial charge in [0.25, 0.3) is 5.91 Å². The van der Waals surface area contributed by atoms with Gasteiger partial charge in [-0.1, -0.05) is 23.2 Å². The van der Waals surface area contributed by atoms with Gasteiger partial charge in [0, 0.05) is 28.7 Å². The number of hydrogen-bond donors (Lipinski definition) is 1. The van der Waals surface area contributed by atoms with E-state index in [-0.39, 0.29) is 30.6 Å². The summed E-state index contributed by atoms with van der Waals surface area (Å²) in [4.78, 5) is 26.4. The number of methoxy groups -OCH3 is 1. The van der Waals surface area contributed by atoms with E-state index in [1.54, 1.807) is 48.5 Å². The highest BCUT2D eigenvalue weighted by Crippen LogP contribution is 2.35. The van der Waals surface area contributed by atoms with Gasteiger partial charge >= 0.3 is 5.97 Å². The minimum atomic E-state index is -0.311. The lowest BCUT2D eigenvalue weighted by Gasteiger charge is -2.43. The Labute approximate surface area is 210 Å². The number of ether oxygens (including phenoxy) is 3. The zero-order valence-corrected chi connectivity index (χ0v) is 20.7. The van der Waals surface area contributed by atoms with Crippen LogP contribution in [0.3, 0.4) is 0 Å². The van der Waals surface area contributed by atoms with Crippen molar-refractivity contribution in [2.45, 2.75) is 31.2 Å². The van der Waals surface area contributed by atoms with Crippen LogP contribution in [0.4, 0.5) is 0 Å². The van der Waals surface area contributed by atoms with Crippen LogP contribution in [0, 0.1) is 0 Å². The number of halogens is 2. The first-order valence-electron chi connectivity index (χ1n) is 11.2. The molecule has 0 saturated heterocycles. The van der Waals surface area contributed by atoms with Gasteiger partial charge in [-0.25, -0.2) is 0 Å². The van der Waals surface area contributed by atoms with Gasteiger partial charge in [0.05, 0.1) is 13.7 Å². The molecule has 0 heterocycles. The number of carbonyl (C=O) groups is 2. The van der Waals surface area contributed by atoms with Crippen molar-refractivity contribution >= 4 is 35.1 Å². The lowest BCUT2D eigenvalue weighted by molar-refractivity contribution is -0.142. The normalized spacial score (nSPS) is 14.2. The molecule has 34 heavy (non-hydrogen) atoms. The van der Waals surface area contributed by atoms with E-state index in [1.165, 1.54) is 7.11 Å². The monoisotopic (exact) mass is 508 g/mol. The molecule has 0 unspecified atom stereocenters. The molecular weight excluding hydrogens is 479 g/mol. The number of hydrogen-bond acceptors (Lipinski definition) is 6. The Bertz CT molecular complexity index is 933. The smallest absolute Gasteiger partial charge is 0.319 e. The molecule has 3 rings (SSSR count). The summed E-state index contributed by atoms with van der Waals surface area (Å²) < 4.78 is 16.2. The summed E-state index contributed by atoms with van der Waals surface area (Å²) in [5.74, 6) is 0.827.